The van der Waals surface area contributed by atoms with Gasteiger partial charge in [0.25, 0.3) is 0 Å². The van der Waals surface area contributed by atoms with Crippen LogP contribution in [-0.2, 0) is 0 Å². The zero-order valence-electron chi connectivity index (χ0n) is 12.2. The van der Waals surface area contributed by atoms with Crippen molar-refractivity contribution < 1.29 is 0 Å². The first kappa shape index (κ1) is 13.1. The molecular formula is C16H15N5. The minimum atomic E-state index is 0.593. The number of nitrogens with zero attached hydrogens (tertiary/aromatic N) is 5. The van der Waals surface area contributed by atoms with E-state index in [4.69, 9.17) is 0 Å². The molecule has 0 atom stereocenters. The maximum Gasteiger partial charge on any atom is 0.157 e. The fourth-order valence-electron chi connectivity index (χ4n) is 2.34. The Labute approximate surface area is 122 Å². The van der Waals surface area contributed by atoms with Crippen LogP contribution in [0.3, 0.4) is 0 Å². The molecule has 0 bridgehead atoms. The van der Waals surface area contributed by atoms with Crippen molar-refractivity contribution in [2.75, 3.05) is 14.1 Å². The van der Waals surface area contributed by atoms with E-state index in [2.05, 4.69) is 16.0 Å². The van der Waals surface area contributed by atoms with Crippen molar-refractivity contribution in [3.63, 3.8) is 0 Å². The van der Waals surface area contributed by atoms with Crippen LogP contribution in [-0.4, -0.2) is 34.7 Å². The van der Waals surface area contributed by atoms with E-state index in [-0.39, 0.29) is 0 Å². The second kappa shape index (κ2) is 4.91. The molecule has 0 fully saturated rings. The van der Waals surface area contributed by atoms with Gasteiger partial charge in [-0.2, -0.15) is 5.26 Å². The second-order valence-electron chi connectivity index (χ2n) is 5.14. The second-order valence-corrected chi connectivity index (χ2v) is 5.14. The van der Waals surface area contributed by atoms with E-state index in [1.54, 1.807) is 6.34 Å². The highest BCUT2D eigenvalue weighted by Crippen LogP contribution is 2.27. The van der Waals surface area contributed by atoms with Crippen molar-refractivity contribution in [3.05, 3.63) is 41.5 Å². The Hall–Kier alpha value is -2.87. The van der Waals surface area contributed by atoms with Gasteiger partial charge in [0.2, 0.25) is 0 Å². The zero-order valence-corrected chi connectivity index (χ0v) is 12.2. The molecule has 2 aromatic heterocycles. The van der Waals surface area contributed by atoms with Crippen LogP contribution < -0.4 is 0 Å². The normalized spacial score (nSPS) is 11.3. The predicted octanol–water partition coefficient (Wildman–Crippen LogP) is 2.89. The summed E-state index contributed by atoms with van der Waals surface area (Å²) in [6, 6.07) is 12.0. The number of aliphatic imine (C=N–C) groups is 1. The topological polar surface area (TPSA) is 56.7 Å². The minimum absolute atomic E-state index is 0.593. The molecule has 5 nitrogen and oxygen atoms in total. The highest BCUT2D eigenvalue weighted by atomic mass is 15.1. The quantitative estimate of drug-likeness (QED) is 0.534. The fraction of sp³-hybridized carbons (Fsp3) is 0.188. The molecule has 0 spiro atoms. The monoisotopic (exact) mass is 277 g/mol. The van der Waals surface area contributed by atoms with E-state index in [1.807, 2.05) is 60.7 Å². The molecule has 0 amide bonds. The maximum atomic E-state index is 9.40. The Morgan fingerprint density at radius 1 is 1.33 bits per heavy atom. The van der Waals surface area contributed by atoms with Crippen molar-refractivity contribution in [3.8, 4) is 6.07 Å². The molecule has 5 heteroatoms. The molecule has 0 aliphatic carbocycles. The lowest BCUT2D eigenvalue weighted by molar-refractivity contribution is 0.643. The van der Waals surface area contributed by atoms with Gasteiger partial charge in [-0.05, 0) is 30.7 Å². The van der Waals surface area contributed by atoms with Crippen LogP contribution in [0.4, 0.5) is 5.82 Å². The third-order valence-corrected chi connectivity index (χ3v) is 3.29. The van der Waals surface area contributed by atoms with E-state index in [9.17, 15) is 5.26 Å². The SMILES string of the molecule is Cc1cc(N=CN(C)C)n2c(nc3ccccc32)c1C#N. The van der Waals surface area contributed by atoms with Gasteiger partial charge in [-0.15, -0.1) is 0 Å². The molecule has 21 heavy (non-hydrogen) atoms. The van der Waals surface area contributed by atoms with Gasteiger partial charge in [-0.25, -0.2) is 9.98 Å². The molecule has 0 N–H and O–H groups in total. The first-order valence-corrected chi connectivity index (χ1v) is 6.63. The molecule has 0 aliphatic heterocycles. The molecule has 0 aliphatic rings. The Morgan fingerprint density at radius 3 is 2.81 bits per heavy atom. The number of benzene rings is 1. The number of rotatable bonds is 2. The summed E-state index contributed by atoms with van der Waals surface area (Å²) >= 11 is 0. The lowest BCUT2D eigenvalue weighted by Gasteiger charge is -2.07. The average Bonchev–Trinajstić information content (AvgIpc) is 2.84. The first-order valence-electron chi connectivity index (χ1n) is 6.63. The molecule has 3 rings (SSSR count). The van der Waals surface area contributed by atoms with E-state index >= 15 is 0 Å². The van der Waals surface area contributed by atoms with Crippen molar-refractivity contribution in [1.29, 1.82) is 5.26 Å². The van der Waals surface area contributed by atoms with Gasteiger partial charge in [0, 0.05) is 14.1 Å². The molecule has 3 aromatic rings. The van der Waals surface area contributed by atoms with Crippen molar-refractivity contribution in [1.82, 2.24) is 14.3 Å². The number of hydrogen-bond donors (Lipinski definition) is 0. The van der Waals surface area contributed by atoms with Crippen molar-refractivity contribution in [2.45, 2.75) is 6.92 Å². The van der Waals surface area contributed by atoms with Crippen LogP contribution in [0.1, 0.15) is 11.1 Å². The number of aryl methyl sites for hydroxylation is 1. The van der Waals surface area contributed by atoms with Crippen LogP contribution in [0.5, 0.6) is 0 Å². The first-order chi connectivity index (χ1) is 10.1. The highest BCUT2D eigenvalue weighted by molar-refractivity contribution is 5.85. The van der Waals surface area contributed by atoms with Crippen molar-refractivity contribution in [2.24, 2.45) is 4.99 Å². The number of para-hydroxylation sites is 2. The summed E-state index contributed by atoms with van der Waals surface area (Å²) in [6.07, 6.45) is 1.75. The number of hydrogen-bond acceptors (Lipinski definition) is 3. The van der Waals surface area contributed by atoms with Gasteiger partial charge in [0.15, 0.2) is 5.65 Å². The zero-order chi connectivity index (χ0) is 15.0. The number of fused-ring (bicyclic) bond motifs is 3. The molecule has 1 aromatic carbocycles. The summed E-state index contributed by atoms with van der Waals surface area (Å²) < 4.78 is 1.93. The predicted molar refractivity (Wildman–Crippen MR) is 84.0 cm³/mol. The molecule has 0 unspecified atom stereocenters. The maximum absolute atomic E-state index is 9.40. The van der Waals surface area contributed by atoms with Crippen LogP contribution in [0.25, 0.3) is 16.7 Å². The summed E-state index contributed by atoms with van der Waals surface area (Å²) in [5.74, 6) is 0.768. The van der Waals surface area contributed by atoms with Crippen LogP contribution in [0.15, 0.2) is 35.3 Å². The molecule has 0 saturated carbocycles. The fourth-order valence-corrected chi connectivity index (χ4v) is 2.34. The number of aromatic nitrogens is 2. The number of nitriles is 1. The Bertz CT molecular complexity index is 896. The summed E-state index contributed by atoms with van der Waals surface area (Å²) in [6.45, 7) is 1.91. The van der Waals surface area contributed by atoms with Gasteiger partial charge in [0.1, 0.15) is 11.9 Å². The van der Waals surface area contributed by atoms with Gasteiger partial charge in [-0.1, -0.05) is 12.1 Å². The Kier molecular flexibility index (Phi) is 3.07. The van der Waals surface area contributed by atoms with Gasteiger partial charge in [-0.3, -0.25) is 4.40 Å². The van der Waals surface area contributed by atoms with E-state index in [1.165, 1.54) is 0 Å². The summed E-state index contributed by atoms with van der Waals surface area (Å²) in [5, 5.41) is 9.40. The van der Waals surface area contributed by atoms with Crippen molar-refractivity contribution >= 4 is 28.8 Å². The Balaban J connectivity index is 2.45. The van der Waals surface area contributed by atoms with Crippen LogP contribution in [0, 0.1) is 18.3 Å². The van der Waals surface area contributed by atoms with Gasteiger partial charge >= 0.3 is 0 Å². The van der Waals surface area contributed by atoms with Crippen LogP contribution in [0.2, 0.25) is 0 Å². The summed E-state index contributed by atoms with van der Waals surface area (Å²) in [5.41, 5.74) is 3.95. The minimum Gasteiger partial charge on any atom is -0.369 e. The average molecular weight is 277 g/mol. The smallest absolute Gasteiger partial charge is 0.157 e. The Morgan fingerprint density at radius 2 is 2.10 bits per heavy atom. The third kappa shape index (κ3) is 2.11. The molecule has 0 radical (unpaired) electrons. The summed E-state index contributed by atoms with van der Waals surface area (Å²) in [4.78, 5) is 11.0. The van der Waals surface area contributed by atoms with E-state index in [0.717, 1.165) is 22.4 Å². The van der Waals surface area contributed by atoms with Crippen LogP contribution >= 0.6 is 0 Å². The largest absolute Gasteiger partial charge is 0.369 e. The molecular weight excluding hydrogens is 262 g/mol. The molecule has 2 heterocycles. The highest BCUT2D eigenvalue weighted by Gasteiger charge is 2.14. The third-order valence-electron chi connectivity index (χ3n) is 3.29. The van der Waals surface area contributed by atoms with E-state index < -0.39 is 0 Å². The molecule has 0 saturated heterocycles. The summed E-state index contributed by atoms with van der Waals surface area (Å²) in [7, 11) is 3.84. The van der Waals surface area contributed by atoms with Gasteiger partial charge < -0.3 is 4.90 Å². The lowest BCUT2D eigenvalue weighted by atomic mass is 10.1. The molecule has 104 valence electrons. The number of pyridine rings is 1. The standard InChI is InChI=1S/C16H15N5/c1-11-8-15(18-10-20(2)3)21-14-7-5-4-6-13(14)19-16(21)12(11)9-17/h4-8,10H,1-3H3. The lowest BCUT2D eigenvalue weighted by Crippen LogP contribution is -2.07. The van der Waals surface area contributed by atoms with E-state index in [0.29, 0.717) is 11.2 Å². The van der Waals surface area contributed by atoms with Gasteiger partial charge in [0.05, 0.1) is 22.9 Å². The number of imidazole rings is 1.